The van der Waals surface area contributed by atoms with Gasteiger partial charge in [-0.25, -0.2) is 0 Å². The van der Waals surface area contributed by atoms with Crippen LogP contribution in [0.1, 0.15) is 119 Å². The Morgan fingerprint density at radius 3 is 0.800 bits per heavy atom. The molecule has 30 heavy (non-hydrogen) atoms. The van der Waals surface area contributed by atoms with Gasteiger partial charge in [0, 0.05) is 0 Å². The standard InChI is InChI=1S/C29H51N/c1-20-7-13-26(14-8-21(20)2)29(19-30,27-15-9-22(3)23(4)10-16-27)28-17-11-24(5)25(6)12-18-28/h20-28H,7-18H2,1-6H3. The number of nitrogens with zero attached hydrogens (tertiary/aromatic N) is 1. The number of nitriles is 1. The van der Waals surface area contributed by atoms with Crippen molar-refractivity contribution in [3.8, 4) is 6.07 Å². The van der Waals surface area contributed by atoms with Crippen LogP contribution in [0.25, 0.3) is 0 Å². The Morgan fingerprint density at radius 2 is 0.633 bits per heavy atom. The minimum absolute atomic E-state index is 0.0582. The van der Waals surface area contributed by atoms with Crippen LogP contribution in [0, 0.1) is 70.0 Å². The van der Waals surface area contributed by atoms with E-state index in [4.69, 9.17) is 0 Å². The second-order valence-corrected chi connectivity index (χ2v) is 12.5. The summed E-state index contributed by atoms with van der Waals surface area (Å²) in [5.41, 5.74) is -0.0582. The van der Waals surface area contributed by atoms with E-state index in [1.807, 2.05) is 0 Å². The van der Waals surface area contributed by atoms with E-state index in [1.54, 1.807) is 0 Å². The van der Waals surface area contributed by atoms with Crippen molar-refractivity contribution in [3.05, 3.63) is 0 Å². The van der Waals surface area contributed by atoms with Gasteiger partial charge in [-0.1, -0.05) is 80.1 Å². The third-order valence-corrected chi connectivity index (χ3v) is 11.0. The lowest BCUT2D eigenvalue weighted by Gasteiger charge is -2.47. The molecule has 0 aromatic heterocycles. The van der Waals surface area contributed by atoms with Crippen LogP contribution in [0.5, 0.6) is 0 Å². The Kier molecular flexibility index (Phi) is 8.37. The van der Waals surface area contributed by atoms with Gasteiger partial charge < -0.3 is 0 Å². The van der Waals surface area contributed by atoms with Crippen LogP contribution in [0.15, 0.2) is 0 Å². The molecule has 6 atom stereocenters. The molecule has 6 unspecified atom stereocenters. The lowest BCUT2D eigenvalue weighted by Crippen LogP contribution is -2.43. The van der Waals surface area contributed by atoms with Crippen LogP contribution in [-0.2, 0) is 0 Å². The second kappa shape index (κ2) is 10.4. The van der Waals surface area contributed by atoms with Crippen LogP contribution in [0.2, 0.25) is 0 Å². The van der Waals surface area contributed by atoms with Gasteiger partial charge in [-0.05, 0) is 91.8 Å². The normalized spacial score (nSPS) is 46.0. The summed E-state index contributed by atoms with van der Waals surface area (Å²) in [4.78, 5) is 0. The molecule has 1 nitrogen and oxygen atoms in total. The Balaban J connectivity index is 1.95. The summed E-state index contributed by atoms with van der Waals surface area (Å²) in [6.07, 6.45) is 15.9. The first-order valence-electron chi connectivity index (χ1n) is 13.7. The van der Waals surface area contributed by atoms with Gasteiger partial charge in [-0.3, -0.25) is 0 Å². The quantitative estimate of drug-likeness (QED) is 0.424. The van der Waals surface area contributed by atoms with Gasteiger partial charge in [0.2, 0.25) is 0 Å². The first-order valence-corrected chi connectivity index (χ1v) is 13.7. The molecule has 3 aliphatic carbocycles. The lowest BCUT2D eigenvalue weighted by atomic mass is 9.55. The summed E-state index contributed by atoms with van der Waals surface area (Å²) in [5.74, 6) is 6.88. The number of hydrogen-bond donors (Lipinski definition) is 0. The maximum Gasteiger partial charge on any atom is 0.0698 e. The third kappa shape index (κ3) is 4.94. The van der Waals surface area contributed by atoms with Gasteiger partial charge in [0.15, 0.2) is 0 Å². The molecule has 0 N–H and O–H groups in total. The fourth-order valence-corrected chi connectivity index (χ4v) is 7.63. The molecule has 1 heteroatoms. The fraction of sp³-hybridized carbons (Fsp3) is 0.966. The van der Waals surface area contributed by atoms with E-state index in [0.29, 0.717) is 17.8 Å². The van der Waals surface area contributed by atoms with Gasteiger partial charge in [-0.2, -0.15) is 5.26 Å². The highest BCUT2D eigenvalue weighted by Gasteiger charge is 2.52. The average molecular weight is 414 g/mol. The summed E-state index contributed by atoms with van der Waals surface area (Å²) in [6.45, 7) is 14.8. The molecule has 3 saturated carbocycles. The second-order valence-electron chi connectivity index (χ2n) is 12.5. The van der Waals surface area contributed by atoms with Crippen molar-refractivity contribution in [2.75, 3.05) is 0 Å². The molecule has 3 aliphatic rings. The smallest absolute Gasteiger partial charge is 0.0698 e. The Hall–Kier alpha value is -0.510. The zero-order valence-electron chi connectivity index (χ0n) is 21.1. The maximum atomic E-state index is 11.1. The average Bonchev–Trinajstić information content (AvgIpc) is 3.09. The van der Waals surface area contributed by atoms with Crippen molar-refractivity contribution >= 4 is 0 Å². The molecule has 0 aromatic rings. The van der Waals surface area contributed by atoms with Gasteiger partial charge >= 0.3 is 0 Å². The zero-order valence-corrected chi connectivity index (χ0v) is 21.1. The highest BCUT2D eigenvalue weighted by molar-refractivity contribution is 5.11. The third-order valence-electron chi connectivity index (χ3n) is 11.0. The summed E-state index contributed by atoms with van der Waals surface area (Å²) in [5, 5.41) is 11.1. The summed E-state index contributed by atoms with van der Waals surface area (Å²) >= 11 is 0. The van der Waals surface area contributed by atoms with Crippen molar-refractivity contribution in [1.29, 1.82) is 5.26 Å². The zero-order chi connectivity index (χ0) is 21.9. The molecular formula is C29H51N. The van der Waals surface area contributed by atoms with E-state index in [1.165, 1.54) is 77.0 Å². The predicted octanol–water partition coefficient (Wildman–Crippen LogP) is 8.88. The molecule has 0 aliphatic heterocycles. The predicted molar refractivity (Wildman–Crippen MR) is 129 cm³/mol. The summed E-state index contributed by atoms with van der Waals surface area (Å²) in [6, 6.07) is 3.20. The molecule has 172 valence electrons. The lowest BCUT2D eigenvalue weighted by molar-refractivity contribution is 0.0303. The van der Waals surface area contributed by atoms with E-state index in [-0.39, 0.29) is 5.41 Å². The van der Waals surface area contributed by atoms with Crippen molar-refractivity contribution in [2.24, 2.45) is 58.7 Å². The molecule has 0 spiro atoms. The first-order chi connectivity index (χ1) is 14.3. The van der Waals surface area contributed by atoms with Crippen molar-refractivity contribution < 1.29 is 0 Å². The van der Waals surface area contributed by atoms with Gasteiger partial charge in [0.25, 0.3) is 0 Å². The number of hydrogen-bond acceptors (Lipinski definition) is 1. The van der Waals surface area contributed by atoms with Crippen molar-refractivity contribution in [3.63, 3.8) is 0 Å². The van der Waals surface area contributed by atoms with Crippen LogP contribution >= 0.6 is 0 Å². The summed E-state index contributed by atoms with van der Waals surface area (Å²) < 4.78 is 0. The molecule has 0 radical (unpaired) electrons. The summed E-state index contributed by atoms with van der Waals surface area (Å²) in [7, 11) is 0. The molecule has 0 heterocycles. The Labute approximate surface area is 188 Å². The molecular weight excluding hydrogens is 362 g/mol. The molecule has 0 amide bonds. The molecule has 3 rings (SSSR count). The van der Waals surface area contributed by atoms with E-state index >= 15 is 0 Å². The monoisotopic (exact) mass is 413 g/mol. The largest absolute Gasteiger partial charge is 0.198 e. The number of rotatable bonds is 3. The Morgan fingerprint density at radius 1 is 0.433 bits per heavy atom. The van der Waals surface area contributed by atoms with Crippen LogP contribution in [0.4, 0.5) is 0 Å². The molecule has 0 bridgehead atoms. The van der Waals surface area contributed by atoms with E-state index in [9.17, 15) is 5.26 Å². The highest BCUT2D eigenvalue weighted by atomic mass is 14.6. The van der Waals surface area contributed by atoms with Gasteiger partial charge in [0.1, 0.15) is 0 Å². The molecule has 0 saturated heterocycles. The minimum Gasteiger partial charge on any atom is -0.198 e. The van der Waals surface area contributed by atoms with Crippen LogP contribution in [-0.4, -0.2) is 0 Å². The Bertz CT molecular complexity index is 468. The topological polar surface area (TPSA) is 23.8 Å². The van der Waals surface area contributed by atoms with Crippen LogP contribution in [0.3, 0.4) is 0 Å². The highest BCUT2D eigenvalue weighted by Crippen LogP contribution is 2.57. The van der Waals surface area contributed by atoms with E-state index in [0.717, 1.165) is 35.5 Å². The SMILES string of the molecule is CC1CCC(C(C#N)(C2CCC(C)C(C)CC2)C2CCC(C)C(C)CC2)CCC1C. The van der Waals surface area contributed by atoms with Crippen molar-refractivity contribution in [1.82, 2.24) is 0 Å². The molecule has 3 fully saturated rings. The van der Waals surface area contributed by atoms with E-state index < -0.39 is 0 Å². The van der Waals surface area contributed by atoms with Crippen LogP contribution < -0.4 is 0 Å². The van der Waals surface area contributed by atoms with Gasteiger partial charge in [-0.15, -0.1) is 0 Å². The first kappa shape index (κ1) is 24.1. The van der Waals surface area contributed by atoms with Crippen molar-refractivity contribution in [2.45, 2.75) is 119 Å². The van der Waals surface area contributed by atoms with E-state index in [2.05, 4.69) is 47.6 Å². The fourth-order valence-electron chi connectivity index (χ4n) is 7.63. The minimum atomic E-state index is -0.0582. The van der Waals surface area contributed by atoms with Gasteiger partial charge in [0.05, 0.1) is 11.5 Å². The maximum absolute atomic E-state index is 11.1. The molecule has 0 aromatic carbocycles.